The van der Waals surface area contributed by atoms with Gasteiger partial charge in [0, 0.05) is 18.2 Å². The van der Waals surface area contributed by atoms with Gasteiger partial charge >= 0.3 is 0 Å². The maximum Gasteiger partial charge on any atom is 0.155 e. The van der Waals surface area contributed by atoms with Crippen LogP contribution in [0.15, 0.2) is 18.6 Å². The Morgan fingerprint density at radius 3 is 2.93 bits per heavy atom. The quantitative estimate of drug-likeness (QED) is 0.720. The normalized spacial score (nSPS) is 16.6. The Morgan fingerprint density at radius 1 is 1.36 bits per heavy atom. The van der Waals surface area contributed by atoms with Gasteiger partial charge in [0.1, 0.15) is 12.1 Å². The van der Waals surface area contributed by atoms with E-state index in [0.29, 0.717) is 12.2 Å². The number of ketones is 1. The molecular formula is C10H11N3O. The van der Waals surface area contributed by atoms with Crippen molar-refractivity contribution in [3.63, 3.8) is 0 Å². The lowest BCUT2D eigenvalue weighted by atomic mass is 9.94. The first-order valence-electron chi connectivity index (χ1n) is 4.56. The summed E-state index contributed by atoms with van der Waals surface area (Å²) in [4.78, 5) is 19.0. The molecule has 2 rings (SSSR count). The van der Waals surface area contributed by atoms with Crippen molar-refractivity contribution in [1.29, 1.82) is 0 Å². The standard InChI is InChI=1S/C10H11N3O/c11-10-9(5-12-6-13-10)7-2-1-3-8(14)4-7/h4-6H,1-3H2,(H2,11,12,13). The topological polar surface area (TPSA) is 68.9 Å². The highest BCUT2D eigenvalue weighted by Crippen LogP contribution is 2.27. The maximum atomic E-state index is 11.2. The number of nitrogens with two attached hydrogens (primary N) is 1. The van der Waals surface area contributed by atoms with Crippen molar-refractivity contribution >= 4 is 17.2 Å². The molecule has 1 aliphatic carbocycles. The summed E-state index contributed by atoms with van der Waals surface area (Å²) in [5.74, 6) is 0.607. The largest absolute Gasteiger partial charge is 0.383 e. The third-order valence-electron chi connectivity index (χ3n) is 2.29. The van der Waals surface area contributed by atoms with Crippen LogP contribution in [-0.2, 0) is 4.79 Å². The van der Waals surface area contributed by atoms with Crippen LogP contribution in [-0.4, -0.2) is 15.8 Å². The molecule has 0 saturated carbocycles. The number of nitrogens with zero attached hydrogens (tertiary/aromatic N) is 2. The molecule has 4 nitrogen and oxygen atoms in total. The molecule has 1 aromatic heterocycles. The Kier molecular flexibility index (Phi) is 2.26. The highest BCUT2D eigenvalue weighted by atomic mass is 16.1. The molecule has 4 heteroatoms. The van der Waals surface area contributed by atoms with Gasteiger partial charge in [-0.2, -0.15) is 0 Å². The second-order valence-corrected chi connectivity index (χ2v) is 3.31. The number of carbonyl (C=O) groups excluding carboxylic acids is 1. The van der Waals surface area contributed by atoms with Crippen LogP contribution in [0.4, 0.5) is 5.82 Å². The zero-order chi connectivity index (χ0) is 9.97. The molecule has 0 amide bonds. The minimum atomic E-state index is 0.162. The number of nitrogen functional groups attached to an aromatic ring is 1. The van der Waals surface area contributed by atoms with Gasteiger partial charge in [0.2, 0.25) is 0 Å². The molecule has 14 heavy (non-hydrogen) atoms. The minimum Gasteiger partial charge on any atom is -0.383 e. The fourth-order valence-electron chi connectivity index (χ4n) is 1.59. The lowest BCUT2D eigenvalue weighted by Gasteiger charge is -2.12. The lowest BCUT2D eigenvalue weighted by Crippen LogP contribution is -2.05. The van der Waals surface area contributed by atoms with Crippen LogP contribution in [0.25, 0.3) is 5.57 Å². The summed E-state index contributed by atoms with van der Waals surface area (Å²) in [6.45, 7) is 0. The average Bonchev–Trinajstić information content (AvgIpc) is 2.18. The van der Waals surface area contributed by atoms with E-state index in [1.54, 1.807) is 12.3 Å². The maximum absolute atomic E-state index is 11.2. The molecule has 1 aliphatic rings. The predicted molar refractivity (Wildman–Crippen MR) is 53.3 cm³/mol. The van der Waals surface area contributed by atoms with Gasteiger partial charge in [-0.15, -0.1) is 0 Å². The first-order chi connectivity index (χ1) is 6.77. The third kappa shape index (κ3) is 1.64. The molecule has 0 atom stereocenters. The summed E-state index contributed by atoms with van der Waals surface area (Å²) in [5.41, 5.74) is 7.44. The molecule has 1 heterocycles. The molecule has 0 bridgehead atoms. The molecule has 0 saturated heterocycles. The number of carbonyl (C=O) groups is 1. The van der Waals surface area contributed by atoms with E-state index >= 15 is 0 Å². The summed E-state index contributed by atoms with van der Waals surface area (Å²) in [6, 6.07) is 0. The fourth-order valence-corrected chi connectivity index (χ4v) is 1.59. The molecule has 0 fully saturated rings. The molecular weight excluding hydrogens is 178 g/mol. The van der Waals surface area contributed by atoms with Crippen LogP contribution >= 0.6 is 0 Å². The van der Waals surface area contributed by atoms with Crippen LogP contribution in [0.1, 0.15) is 24.8 Å². The van der Waals surface area contributed by atoms with Gasteiger partial charge in [-0.05, 0) is 24.5 Å². The SMILES string of the molecule is Nc1ncncc1C1=CC(=O)CCC1. The van der Waals surface area contributed by atoms with E-state index in [-0.39, 0.29) is 5.78 Å². The zero-order valence-electron chi connectivity index (χ0n) is 7.73. The van der Waals surface area contributed by atoms with E-state index in [0.717, 1.165) is 24.0 Å². The van der Waals surface area contributed by atoms with Gasteiger partial charge in [-0.3, -0.25) is 4.79 Å². The van der Waals surface area contributed by atoms with Crippen molar-refractivity contribution in [1.82, 2.24) is 9.97 Å². The zero-order valence-corrected chi connectivity index (χ0v) is 7.73. The van der Waals surface area contributed by atoms with Gasteiger partial charge < -0.3 is 5.73 Å². The van der Waals surface area contributed by atoms with Gasteiger partial charge in [-0.25, -0.2) is 9.97 Å². The van der Waals surface area contributed by atoms with E-state index in [1.165, 1.54) is 6.33 Å². The highest BCUT2D eigenvalue weighted by molar-refractivity contribution is 5.99. The van der Waals surface area contributed by atoms with Crippen molar-refractivity contribution in [3.8, 4) is 0 Å². The first-order valence-corrected chi connectivity index (χ1v) is 4.56. The fraction of sp³-hybridized carbons (Fsp3) is 0.300. The number of hydrogen-bond donors (Lipinski definition) is 1. The molecule has 1 aromatic rings. The van der Waals surface area contributed by atoms with Gasteiger partial charge in [-0.1, -0.05) is 0 Å². The van der Waals surface area contributed by atoms with Crippen LogP contribution in [0, 0.1) is 0 Å². The van der Waals surface area contributed by atoms with E-state index in [4.69, 9.17) is 5.73 Å². The number of allylic oxidation sites excluding steroid dienone is 2. The molecule has 0 unspecified atom stereocenters. The third-order valence-corrected chi connectivity index (χ3v) is 2.29. The summed E-state index contributed by atoms with van der Waals surface area (Å²) in [6.07, 6.45) is 7.12. The van der Waals surface area contributed by atoms with Crippen LogP contribution in [0.3, 0.4) is 0 Å². The van der Waals surface area contributed by atoms with E-state index < -0.39 is 0 Å². The van der Waals surface area contributed by atoms with Crippen LogP contribution < -0.4 is 5.73 Å². The predicted octanol–water partition coefficient (Wildman–Crippen LogP) is 1.20. The second kappa shape index (κ2) is 3.57. The monoisotopic (exact) mass is 189 g/mol. The van der Waals surface area contributed by atoms with Crippen LogP contribution in [0.2, 0.25) is 0 Å². The Balaban J connectivity index is 2.40. The van der Waals surface area contributed by atoms with Gasteiger partial charge in [0.05, 0.1) is 0 Å². The van der Waals surface area contributed by atoms with Crippen molar-refractivity contribution in [2.24, 2.45) is 0 Å². The summed E-state index contributed by atoms with van der Waals surface area (Å²) in [7, 11) is 0. The summed E-state index contributed by atoms with van der Waals surface area (Å²) < 4.78 is 0. The van der Waals surface area contributed by atoms with E-state index in [1.807, 2.05) is 0 Å². The molecule has 0 spiro atoms. The number of anilines is 1. The molecule has 0 aromatic carbocycles. The second-order valence-electron chi connectivity index (χ2n) is 3.31. The van der Waals surface area contributed by atoms with Crippen molar-refractivity contribution in [2.75, 3.05) is 5.73 Å². The van der Waals surface area contributed by atoms with Crippen LogP contribution in [0.5, 0.6) is 0 Å². The summed E-state index contributed by atoms with van der Waals surface area (Å²) >= 11 is 0. The average molecular weight is 189 g/mol. The molecule has 0 radical (unpaired) electrons. The highest BCUT2D eigenvalue weighted by Gasteiger charge is 2.13. The lowest BCUT2D eigenvalue weighted by molar-refractivity contribution is -0.114. The van der Waals surface area contributed by atoms with Gasteiger partial charge in [0.25, 0.3) is 0 Å². The molecule has 0 aliphatic heterocycles. The Labute approximate surface area is 81.9 Å². The van der Waals surface area contributed by atoms with Crippen molar-refractivity contribution in [2.45, 2.75) is 19.3 Å². The number of hydrogen-bond acceptors (Lipinski definition) is 4. The molecule has 2 N–H and O–H groups in total. The smallest absolute Gasteiger partial charge is 0.155 e. The van der Waals surface area contributed by atoms with E-state index in [9.17, 15) is 4.79 Å². The van der Waals surface area contributed by atoms with Gasteiger partial charge in [0.15, 0.2) is 5.78 Å². The molecule has 72 valence electrons. The number of rotatable bonds is 1. The number of aromatic nitrogens is 2. The minimum absolute atomic E-state index is 0.162. The van der Waals surface area contributed by atoms with Crippen molar-refractivity contribution in [3.05, 3.63) is 24.2 Å². The first kappa shape index (κ1) is 8.87. The summed E-state index contributed by atoms with van der Waals surface area (Å²) in [5, 5.41) is 0. The van der Waals surface area contributed by atoms with Crippen molar-refractivity contribution < 1.29 is 4.79 Å². The Bertz CT molecular complexity index is 398. The van der Waals surface area contributed by atoms with E-state index in [2.05, 4.69) is 9.97 Å². The Hall–Kier alpha value is -1.71. The Morgan fingerprint density at radius 2 is 2.21 bits per heavy atom.